The fourth-order valence-electron chi connectivity index (χ4n) is 1.64. The van der Waals surface area contributed by atoms with E-state index in [1.165, 1.54) is 0 Å². The first-order chi connectivity index (χ1) is 6.15. The van der Waals surface area contributed by atoms with E-state index >= 15 is 0 Å². The van der Waals surface area contributed by atoms with Crippen molar-refractivity contribution in [3.05, 3.63) is 0 Å². The van der Waals surface area contributed by atoms with Gasteiger partial charge in [0.15, 0.2) is 0 Å². The van der Waals surface area contributed by atoms with Gasteiger partial charge in [-0.15, -0.1) is 11.6 Å². The molecule has 0 unspecified atom stereocenters. The fourth-order valence-corrected chi connectivity index (χ4v) is 1.78. The second-order valence-corrected chi connectivity index (χ2v) is 4.22. The van der Waals surface area contributed by atoms with Crippen molar-refractivity contribution in [3.63, 3.8) is 0 Å². The molecule has 1 heterocycles. The summed E-state index contributed by atoms with van der Waals surface area (Å²) in [7, 11) is 0. The van der Waals surface area contributed by atoms with Crippen LogP contribution in [0.1, 0.15) is 19.8 Å². The van der Waals surface area contributed by atoms with E-state index < -0.39 is 5.38 Å². The minimum absolute atomic E-state index is 0.0214. The standard InChI is InChI=1S/C9H15ClFNO/c1-7(10)9(13)12-4-2-3-8(5-11)6-12/h7-8H,2-6H2,1H3/t7-,8-/m1/s1. The Balaban J connectivity index is 2.46. The van der Waals surface area contributed by atoms with Gasteiger partial charge in [-0.1, -0.05) is 0 Å². The Morgan fingerprint density at radius 2 is 2.46 bits per heavy atom. The fraction of sp³-hybridized carbons (Fsp3) is 0.889. The molecule has 2 nitrogen and oxygen atoms in total. The molecule has 0 aromatic heterocycles. The van der Waals surface area contributed by atoms with Gasteiger partial charge < -0.3 is 4.90 Å². The number of amides is 1. The molecule has 4 heteroatoms. The zero-order valence-corrected chi connectivity index (χ0v) is 8.56. The Labute approximate surface area is 83.0 Å². The number of hydrogen-bond donors (Lipinski definition) is 0. The van der Waals surface area contributed by atoms with Crippen molar-refractivity contribution in [1.82, 2.24) is 4.90 Å². The van der Waals surface area contributed by atoms with Crippen LogP contribution in [0.2, 0.25) is 0 Å². The Kier molecular flexibility index (Phi) is 3.97. The van der Waals surface area contributed by atoms with Crippen LogP contribution in [0, 0.1) is 5.92 Å². The van der Waals surface area contributed by atoms with E-state index in [0.717, 1.165) is 19.4 Å². The summed E-state index contributed by atoms with van der Waals surface area (Å²) < 4.78 is 12.3. The number of rotatable bonds is 2. The van der Waals surface area contributed by atoms with Gasteiger partial charge in [0.1, 0.15) is 5.38 Å². The maximum Gasteiger partial charge on any atom is 0.240 e. The van der Waals surface area contributed by atoms with Crippen LogP contribution < -0.4 is 0 Å². The van der Waals surface area contributed by atoms with Crippen molar-refractivity contribution >= 4 is 17.5 Å². The van der Waals surface area contributed by atoms with E-state index in [1.807, 2.05) is 0 Å². The molecule has 0 aliphatic carbocycles. The van der Waals surface area contributed by atoms with Gasteiger partial charge in [-0.25, -0.2) is 0 Å². The molecule has 0 bridgehead atoms. The molecular formula is C9H15ClFNO. The maximum atomic E-state index is 12.3. The van der Waals surface area contributed by atoms with Crippen LogP contribution in [-0.4, -0.2) is 35.9 Å². The lowest BCUT2D eigenvalue weighted by molar-refractivity contribution is -0.132. The van der Waals surface area contributed by atoms with Crippen LogP contribution in [0.5, 0.6) is 0 Å². The normalized spacial score (nSPS) is 25.8. The maximum absolute atomic E-state index is 12.3. The van der Waals surface area contributed by atoms with Crippen molar-refractivity contribution in [2.24, 2.45) is 5.92 Å². The average molecular weight is 208 g/mol. The molecule has 1 saturated heterocycles. The molecule has 13 heavy (non-hydrogen) atoms. The first-order valence-electron chi connectivity index (χ1n) is 4.64. The Morgan fingerprint density at radius 3 is 3.00 bits per heavy atom. The number of halogens is 2. The Bertz CT molecular complexity index is 186. The number of likely N-dealkylation sites (tertiary alicyclic amines) is 1. The van der Waals surface area contributed by atoms with Crippen molar-refractivity contribution in [1.29, 1.82) is 0 Å². The molecule has 1 aliphatic rings. The number of hydrogen-bond acceptors (Lipinski definition) is 1. The van der Waals surface area contributed by atoms with Gasteiger partial charge in [0.25, 0.3) is 0 Å². The first-order valence-corrected chi connectivity index (χ1v) is 5.07. The summed E-state index contributed by atoms with van der Waals surface area (Å²) in [5.41, 5.74) is 0. The quantitative estimate of drug-likeness (QED) is 0.633. The zero-order valence-electron chi connectivity index (χ0n) is 7.80. The minimum Gasteiger partial charge on any atom is -0.341 e. The summed E-state index contributed by atoms with van der Waals surface area (Å²) in [5.74, 6) is -0.0482. The van der Waals surface area contributed by atoms with Crippen LogP contribution in [0.15, 0.2) is 0 Å². The molecule has 1 aliphatic heterocycles. The molecule has 0 aromatic carbocycles. The predicted octanol–water partition coefficient (Wildman–Crippen LogP) is 1.82. The van der Waals surface area contributed by atoms with Gasteiger partial charge in [0, 0.05) is 19.0 Å². The summed E-state index contributed by atoms with van der Waals surface area (Å²) in [4.78, 5) is 13.1. The third-order valence-electron chi connectivity index (χ3n) is 2.39. The number of carbonyl (C=O) groups is 1. The highest BCUT2D eigenvalue weighted by Gasteiger charge is 2.25. The second-order valence-electron chi connectivity index (χ2n) is 3.56. The SMILES string of the molecule is C[C@@H](Cl)C(=O)N1CCC[C@H](CF)C1. The smallest absolute Gasteiger partial charge is 0.240 e. The molecule has 2 atom stereocenters. The van der Waals surface area contributed by atoms with E-state index in [2.05, 4.69) is 0 Å². The van der Waals surface area contributed by atoms with E-state index in [9.17, 15) is 9.18 Å². The first kappa shape index (κ1) is 10.8. The van der Waals surface area contributed by atoms with Crippen molar-refractivity contribution < 1.29 is 9.18 Å². The number of nitrogens with zero attached hydrogens (tertiary/aromatic N) is 1. The molecular weight excluding hydrogens is 193 g/mol. The van der Waals surface area contributed by atoms with Crippen molar-refractivity contribution in [3.8, 4) is 0 Å². The molecule has 0 saturated carbocycles. The topological polar surface area (TPSA) is 20.3 Å². The van der Waals surface area contributed by atoms with Gasteiger partial charge in [-0.05, 0) is 19.8 Å². The lowest BCUT2D eigenvalue weighted by Gasteiger charge is -2.32. The minimum atomic E-state index is -0.488. The van der Waals surface area contributed by atoms with Gasteiger partial charge in [0.05, 0.1) is 6.67 Å². The molecule has 0 aromatic rings. The summed E-state index contributed by atoms with van der Waals surface area (Å²) in [6.07, 6.45) is 1.78. The lowest BCUT2D eigenvalue weighted by atomic mass is 9.99. The summed E-state index contributed by atoms with van der Waals surface area (Å²) >= 11 is 5.67. The van der Waals surface area contributed by atoms with Crippen LogP contribution >= 0.6 is 11.6 Å². The van der Waals surface area contributed by atoms with E-state index in [1.54, 1.807) is 11.8 Å². The molecule has 0 N–H and O–H groups in total. The predicted molar refractivity (Wildman–Crippen MR) is 50.6 cm³/mol. The van der Waals surface area contributed by atoms with Gasteiger partial charge in [0.2, 0.25) is 5.91 Å². The van der Waals surface area contributed by atoms with E-state index in [0.29, 0.717) is 6.54 Å². The monoisotopic (exact) mass is 207 g/mol. The van der Waals surface area contributed by atoms with Crippen LogP contribution in [-0.2, 0) is 4.79 Å². The zero-order chi connectivity index (χ0) is 9.84. The highest BCUT2D eigenvalue weighted by Crippen LogP contribution is 2.18. The summed E-state index contributed by atoms with van der Waals surface area (Å²) in [5, 5.41) is -0.488. The highest BCUT2D eigenvalue weighted by atomic mass is 35.5. The molecule has 0 radical (unpaired) electrons. The Hall–Kier alpha value is -0.310. The molecule has 76 valence electrons. The van der Waals surface area contributed by atoms with Crippen LogP contribution in [0.4, 0.5) is 4.39 Å². The van der Waals surface area contributed by atoms with E-state index in [4.69, 9.17) is 11.6 Å². The average Bonchev–Trinajstić information content (AvgIpc) is 2.16. The van der Waals surface area contributed by atoms with Crippen molar-refractivity contribution in [2.45, 2.75) is 25.1 Å². The number of alkyl halides is 2. The third-order valence-corrected chi connectivity index (χ3v) is 2.58. The third kappa shape index (κ3) is 2.83. The van der Waals surface area contributed by atoms with Crippen LogP contribution in [0.3, 0.4) is 0 Å². The summed E-state index contributed by atoms with van der Waals surface area (Å²) in [6, 6.07) is 0. The van der Waals surface area contributed by atoms with Gasteiger partial charge in [-0.2, -0.15) is 0 Å². The lowest BCUT2D eigenvalue weighted by Crippen LogP contribution is -2.43. The molecule has 1 amide bonds. The van der Waals surface area contributed by atoms with Gasteiger partial charge in [-0.3, -0.25) is 9.18 Å². The molecule has 0 spiro atoms. The Morgan fingerprint density at radius 1 is 1.77 bits per heavy atom. The van der Waals surface area contributed by atoms with Gasteiger partial charge >= 0.3 is 0 Å². The summed E-state index contributed by atoms with van der Waals surface area (Å²) in [6.45, 7) is 2.59. The molecule has 1 rings (SSSR count). The van der Waals surface area contributed by atoms with E-state index in [-0.39, 0.29) is 18.5 Å². The molecule has 1 fully saturated rings. The number of carbonyl (C=O) groups excluding carboxylic acids is 1. The second kappa shape index (κ2) is 4.80. The van der Waals surface area contributed by atoms with Crippen molar-refractivity contribution in [2.75, 3.05) is 19.8 Å². The van der Waals surface area contributed by atoms with Crippen LogP contribution in [0.25, 0.3) is 0 Å². The highest BCUT2D eigenvalue weighted by molar-refractivity contribution is 6.30. The largest absolute Gasteiger partial charge is 0.341 e. The number of piperidine rings is 1.